The monoisotopic (exact) mass is 820 g/mol. The Morgan fingerprint density at radius 3 is 1.24 bits per heavy atom. The molecule has 10 aromatic rings. The fraction of sp³-hybridized carbons (Fsp3) is 0.0769. The second-order valence-electron chi connectivity index (χ2n) is 13.9. The summed E-state index contributed by atoms with van der Waals surface area (Å²) in [5.41, 5.74) is 3.05. The Kier molecular flexibility index (Phi) is 11.7. The molecule has 0 heterocycles. The maximum absolute atomic E-state index is 9.26. The number of fused-ring (bicyclic) bond motifs is 6. The van der Waals surface area contributed by atoms with Gasteiger partial charge in [0.2, 0.25) is 0 Å². The first-order valence-electron chi connectivity index (χ1n) is 19.6. The molecule has 0 aliphatic heterocycles. The van der Waals surface area contributed by atoms with E-state index in [9.17, 15) is 10.0 Å². The lowest BCUT2D eigenvalue weighted by molar-refractivity contribution is 0.344. The van der Waals surface area contributed by atoms with Gasteiger partial charge in [-0.2, -0.15) is 0 Å². The molecule has 0 aliphatic rings. The average molecular weight is 822 g/mol. The van der Waals surface area contributed by atoms with E-state index in [1.54, 1.807) is 12.1 Å². The molecular formula is C52H42BBrO4. The van der Waals surface area contributed by atoms with Gasteiger partial charge >= 0.3 is 7.12 Å². The predicted molar refractivity (Wildman–Crippen MR) is 250 cm³/mol. The third-order valence-electron chi connectivity index (χ3n) is 10.4. The molecule has 0 saturated carbocycles. The van der Waals surface area contributed by atoms with Crippen LogP contribution in [0.5, 0.6) is 11.5 Å². The molecular weight excluding hydrogens is 779 g/mol. The number of benzene rings is 10. The molecule has 6 heteroatoms. The molecule has 0 amide bonds. The van der Waals surface area contributed by atoms with Crippen LogP contribution in [0.15, 0.2) is 186 Å². The van der Waals surface area contributed by atoms with Crippen LogP contribution < -0.4 is 14.9 Å². The minimum absolute atomic E-state index is 0.499. The standard InChI is InChI=1S/C26H20O.C14H9Br.C12H13BO3/c1-2-27-25-16-15-24(22-13-7-8-14-23(22)25)26-20-11-5-3-9-18(20)17-19-10-4-6-12-21(19)26;15-14-12-7-3-1-5-10(12)9-11-6-2-4-8-13(11)14;1-2-16-12-8-7-11(13(14)15)9-5-3-4-6-10(9)12/h3-17H,2H2,1H3;1-9H;3-8,14-15H,2H2,1H3. The lowest BCUT2D eigenvalue weighted by atomic mass is 9.77. The first-order chi connectivity index (χ1) is 28.5. The van der Waals surface area contributed by atoms with Crippen LogP contribution in [0, 0.1) is 0 Å². The topological polar surface area (TPSA) is 58.9 Å². The van der Waals surface area contributed by atoms with Crippen LogP contribution in [0.2, 0.25) is 0 Å². The summed E-state index contributed by atoms with van der Waals surface area (Å²) < 4.78 is 12.6. The highest BCUT2D eigenvalue weighted by atomic mass is 79.9. The molecule has 0 unspecified atom stereocenters. The molecule has 0 aliphatic carbocycles. The third kappa shape index (κ3) is 7.75. The Morgan fingerprint density at radius 1 is 0.414 bits per heavy atom. The van der Waals surface area contributed by atoms with E-state index in [1.165, 1.54) is 64.1 Å². The second-order valence-corrected chi connectivity index (χ2v) is 14.7. The van der Waals surface area contributed by atoms with E-state index in [4.69, 9.17) is 9.47 Å². The number of hydrogen-bond acceptors (Lipinski definition) is 4. The summed E-state index contributed by atoms with van der Waals surface area (Å²) in [6.45, 7) is 5.20. The molecule has 10 aromatic carbocycles. The van der Waals surface area contributed by atoms with E-state index < -0.39 is 7.12 Å². The zero-order chi connectivity index (χ0) is 40.0. The van der Waals surface area contributed by atoms with Gasteiger partial charge in [-0.05, 0) is 124 Å². The molecule has 0 atom stereocenters. The summed E-state index contributed by atoms with van der Waals surface area (Å²) in [5, 5.41) is 32.8. The molecule has 0 spiro atoms. The average Bonchev–Trinajstić information content (AvgIpc) is 3.27. The van der Waals surface area contributed by atoms with Gasteiger partial charge in [-0.3, -0.25) is 0 Å². The molecule has 10 rings (SSSR count). The summed E-state index contributed by atoms with van der Waals surface area (Å²) >= 11 is 3.68. The predicted octanol–water partition coefficient (Wildman–Crippen LogP) is 12.9. The Labute approximate surface area is 347 Å². The molecule has 4 nitrogen and oxygen atoms in total. The van der Waals surface area contributed by atoms with Crippen LogP contribution >= 0.6 is 15.9 Å². The van der Waals surface area contributed by atoms with Crippen molar-refractivity contribution in [3.63, 3.8) is 0 Å². The first-order valence-corrected chi connectivity index (χ1v) is 20.4. The lowest BCUT2D eigenvalue weighted by Crippen LogP contribution is -2.30. The van der Waals surface area contributed by atoms with Gasteiger partial charge in [0.25, 0.3) is 0 Å². The quantitative estimate of drug-likeness (QED) is 0.130. The van der Waals surface area contributed by atoms with Gasteiger partial charge in [0.15, 0.2) is 0 Å². The molecule has 0 radical (unpaired) electrons. The van der Waals surface area contributed by atoms with Crippen molar-refractivity contribution in [1.82, 2.24) is 0 Å². The highest BCUT2D eigenvalue weighted by molar-refractivity contribution is 9.10. The maximum atomic E-state index is 9.26. The summed E-state index contributed by atoms with van der Waals surface area (Å²) in [7, 11) is -1.46. The zero-order valence-electron chi connectivity index (χ0n) is 32.4. The van der Waals surface area contributed by atoms with E-state index in [2.05, 4.69) is 162 Å². The van der Waals surface area contributed by atoms with Crippen molar-refractivity contribution in [3.8, 4) is 22.6 Å². The molecule has 2 N–H and O–H groups in total. The fourth-order valence-electron chi connectivity index (χ4n) is 7.83. The Morgan fingerprint density at radius 2 is 0.776 bits per heavy atom. The lowest BCUT2D eigenvalue weighted by Gasteiger charge is -2.16. The summed E-state index contributed by atoms with van der Waals surface area (Å²) in [6.07, 6.45) is 0. The smallest absolute Gasteiger partial charge is 0.489 e. The number of halogens is 1. The highest BCUT2D eigenvalue weighted by Gasteiger charge is 2.17. The van der Waals surface area contributed by atoms with Gasteiger partial charge in [-0.15, -0.1) is 0 Å². The van der Waals surface area contributed by atoms with Crippen LogP contribution in [-0.4, -0.2) is 30.4 Å². The van der Waals surface area contributed by atoms with Crippen LogP contribution in [0.4, 0.5) is 0 Å². The molecule has 0 saturated heterocycles. The first kappa shape index (κ1) is 38.7. The summed E-state index contributed by atoms with van der Waals surface area (Å²) in [4.78, 5) is 0. The van der Waals surface area contributed by atoms with Crippen molar-refractivity contribution < 1.29 is 19.5 Å². The van der Waals surface area contributed by atoms with Crippen LogP contribution in [0.25, 0.3) is 75.8 Å². The third-order valence-corrected chi connectivity index (χ3v) is 11.3. The number of hydrogen-bond donors (Lipinski definition) is 2. The second kappa shape index (κ2) is 17.5. The molecule has 58 heavy (non-hydrogen) atoms. The van der Waals surface area contributed by atoms with Crippen LogP contribution in [-0.2, 0) is 0 Å². The normalized spacial score (nSPS) is 11.0. The van der Waals surface area contributed by atoms with Gasteiger partial charge in [0.05, 0.1) is 13.2 Å². The minimum Gasteiger partial charge on any atom is -0.493 e. The Hall–Kier alpha value is -6.18. The van der Waals surface area contributed by atoms with Crippen molar-refractivity contribution in [1.29, 1.82) is 0 Å². The minimum atomic E-state index is -1.46. The van der Waals surface area contributed by atoms with Crippen molar-refractivity contribution >= 4 is 93.1 Å². The van der Waals surface area contributed by atoms with Gasteiger partial charge in [0, 0.05) is 15.2 Å². The summed E-state index contributed by atoms with van der Waals surface area (Å²) in [6, 6.07) is 62.5. The number of ether oxygens (including phenoxy) is 2. The molecule has 0 bridgehead atoms. The van der Waals surface area contributed by atoms with E-state index in [0.29, 0.717) is 18.7 Å². The van der Waals surface area contributed by atoms with Crippen molar-refractivity contribution in [2.75, 3.05) is 13.2 Å². The number of rotatable bonds is 6. The van der Waals surface area contributed by atoms with Crippen molar-refractivity contribution in [2.45, 2.75) is 13.8 Å². The highest BCUT2D eigenvalue weighted by Crippen LogP contribution is 2.42. The van der Waals surface area contributed by atoms with Gasteiger partial charge in [-0.25, -0.2) is 0 Å². The maximum Gasteiger partial charge on any atom is 0.489 e. The fourth-order valence-corrected chi connectivity index (χ4v) is 8.56. The SMILES string of the molecule is Brc1c2ccccc2cc2ccccc12.CCOc1ccc(-c2c3ccccc3cc3ccccc23)c2ccccc12.CCOc1ccc(B(O)O)c2ccccc12. The van der Waals surface area contributed by atoms with Crippen LogP contribution in [0.3, 0.4) is 0 Å². The molecule has 0 aromatic heterocycles. The van der Waals surface area contributed by atoms with Gasteiger partial charge in [-0.1, -0.05) is 158 Å². The van der Waals surface area contributed by atoms with E-state index in [-0.39, 0.29) is 0 Å². The van der Waals surface area contributed by atoms with E-state index in [0.717, 1.165) is 27.7 Å². The van der Waals surface area contributed by atoms with Crippen molar-refractivity contribution in [3.05, 3.63) is 186 Å². The summed E-state index contributed by atoms with van der Waals surface area (Å²) in [5.74, 6) is 1.71. The van der Waals surface area contributed by atoms with E-state index >= 15 is 0 Å². The largest absolute Gasteiger partial charge is 0.493 e. The Balaban J connectivity index is 0.000000130. The van der Waals surface area contributed by atoms with E-state index in [1.807, 2.05) is 38.1 Å². The molecule has 0 fully saturated rings. The molecule has 284 valence electrons. The Bertz CT molecular complexity index is 2940. The van der Waals surface area contributed by atoms with Gasteiger partial charge < -0.3 is 19.5 Å². The van der Waals surface area contributed by atoms with Gasteiger partial charge in [0.1, 0.15) is 11.5 Å². The van der Waals surface area contributed by atoms with Crippen LogP contribution in [0.1, 0.15) is 13.8 Å². The zero-order valence-corrected chi connectivity index (χ0v) is 34.0. The van der Waals surface area contributed by atoms with Crippen molar-refractivity contribution in [2.24, 2.45) is 0 Å².